The minimum atomic E-state index is 1.03. The summed E-state index contributed by atoms with van der Waals surface area (Å²) in [4.78, 5) is 8.53. The lowest BCUT2D eigenvalue weighted by atomic mass is 10.1. The molecule has 0 saturated heterocycles. The van der Waals surface area contributed by atoms with Gasteiger partial charge in [0.2, 0.25) is 5.36 Å². The number of hydrogen-bond donors (Lipinski definition) is 0. The lowest BCUT2D eigenvalue weighted by molar-refractivity contribution is 0.814. The molecule has 2 aliphatic rings. The van der Waals surface area contributed by atoms with Crippen molar-refractivity contribution < 1.29 is 0 Å². The van der Waals surface area contributed by atoms with Crippen LogP contribution in [0, 0.1) is 6.92 Å². The fraction of sp³-hybridized carbons (Fsp3) is 0.368. The van der Waals surface area contributed by atoms with Crippen LogP contribution in [-0.2, 0) is 0 Å². The molecule has 1 aliphatic heterocycles. The average Bonchev–Trinajstić information content (AvgIpc) is 2.54. The fourth-order valence-corrected chi connectivity index (χ4v) is 4.03. The van der Waals surface area contributed by atoms with Crippen LogP contribution in [0.3, 0.4) is 0 Å². The highest BCUT2D eigenvalue weighted by Crippen LogP contribution is 2.33. The van der Waals surface area contributed by atoms with Gasteiger partial charge in [-0.2, -0.15) is 0 Å². The van der Waals surface area contributed by atoms with Gasteiger partial charge < -0.3 is 4.90 Å². The highest BCUT2D eigenvalue weighted by atomic mass is 32.1. The average molecular weight is 326 g/mol. The molecule has 1 heterocycles. The van der Waals surface area contributed by atoms with Crippen LogP contribution < -0.4 is 14.8 Å². The van der Waals surface area contributed by atoms with E-state index in [9.17, 15) is 0 Å². The number of nitrogens with zero attached hydrogens (tertiary/aromatic N) is 3. The molecule has 1 aromatic rings. The molecule has 120 valence electrons. The van der Waals surface area contributed by atoms with Crippen LogP contribution >= 0.6 is 11.3 Å². The van der Waals surface area contributed by atoms with E-state index in [1.165, 1.54) is 26.2 Å². The van der Waals surface area contributed by atoms with Crippen LogP contribution in [0.1, 0.15) is 19.4 Å². The predicted molar refractivity (Wildman–Crippen MR) is 102 cm³/mol. The molecule has 0 unspecified atom stereocenters. The summed E-state index contributed by atoms with van der Waals surface area (Å²) in [5, 5.41) is 1.21. The zero-order chi connectivity index (χ0) is 16.6. The normalized spacial score (nSPS) is 11.2. The van der Waals surface area contributed by atoms with Gasteiger partial charge in [-0.3, -0.25) is 0 Å². The van der Waals surface area contributed by atoms with E-state index in [1.54, 1.807) is 0 Å². The molecular weight excluding hydrogens is 302 g/mol. The van der Waals surface area contributed by atoms with Crippen molar-refractivity contribution in [2.75, 3.05) is 32.1 Å². The second-order valence-corrected chi connectivity index (χ2v) is 7.13. The number of fused-ring (bicyclic) bond motifs is 2. The third-order valence-electron chi connectivity index (χ3n) is 4.29. The van der Waals surface area contributed by atoms with Crippen molar-refractivity contribution in [1.29, 1.82) is 0 Å². The molecule has 0 N–H and O–H groups in total. The monoisotopic (exact) mass is 326 g/mol. The van der Waals surface area contributed by atoms with Crippen LogP contribution in [0.25, 0.3) is 20.8 Å². The lowest BCUT2D eigenvalue weighted by Gasteiger charge is -2.22. The van der Waals surface area contributed by atoms with Crippen molar-refractivity contribution in [3.63, 3.8) is 0 Å². The number of aromatic nitrogens is 1. The summed E-state index contributed by atoms with van der Waals surface area (Å²) in [6, 6.07) is 11.0. The Bertz CT molecular complexity index is 887. The minimum Gasteiger partial charge on any atom is -0.372 e. The molecule has 4 heteroatoms. The molecule has 0 saturated carbocycles. The molecule has 0 bridgehead atoms. The molecule has 0 spiro atoms. The molecule has 1 aromatic carbocycles. The van der Waals surface area contributed by atoms with Gasteiger partial charge in [0.1, 0.15) is 14.1 Å². The second-order valence-electron chi connectivity index (χ2n) is 6.04. The maximum atomic E-state index is 4.90. The largest absolute Gasteiger partial charge is 0.372 e. The first-order valence-corrected chi connectivity index (χ1v) is 8.95. The van der Waals surface area contributed by atoms with Gasteiger partial charge >= 0.3 is 0 Å². The predicted octanol–water partition coefficient (Wildman–Crippen LogP) is 3.59. The van der Waals surface area contributed by atoms with Crippen LogP contribution in [0.4, 0.5) is 5.69 Å². The molecule has 0 radical (unpaired) electrons. The van der Waals surface area contributed by atoms with E-state index in [0.717, 1.165) is 24.3 Å². The van der Waals surface area contributed by atoms with E-state index in [0.29, 0.717) is 0 Å². The van der Waals surface area contributed by atoms with Gasteiger partial charge in [0.05, 0.1) is 20.8 Å². The number of aryl methyl sites for hydroxylation is 1. The van der Waals surface area contributed by atoms with Crippen LogP contribution in [-0.4, -0.2) is 32.2 Å². The Labute approximate surface area is 141 Å². The molecule has 23 heavy (non-hydrogen) atoms. The third kappa shape index (κ3) is 2.95. The van der Waals surface area contributed by atoms with Gasteiger partial charge in [-0.25, -0.2) is 9.56 Å². The zero-order valence-electron chi connectivity index (χ0n) is 14.6. The highest BCUT2D eigenvalue weighted by molar-refractivity contribution is 7.21. The number of anilines is 1. The first-order valence-electron chi connectivity index (χ1n) is 8.14. The van der Waals surface area contributed by atoms with Crippen molar-refractivity contribution >= 4 is 27.2 Å². The molecule has 3 nitrogen and oxygen atoms in total. The molecular formula is C19H24N3S+. The number of hydrogen-bond acceptors (Lipinski definition) is 3. The van der Waals surface area contributed by atoms with Gasteiger partial charge in [0.15, 0.2) is 0 Å². The first kappa shape index (κ1) is 15.9. The third-order valence-corrected chi connectivity index (χ3v) is 5.37. The molecule has 0 amide bonds. The maximum absolute atomic E-state index is 4.90. The smallest absolute Gasteiger partial charge is 0.201 e. The van der Waals surface area contributed by atoms with Crippen molar-refractivity contribution in [2.45, 2.75) is 20.8 Å². The van der Waals surface area contributed by atoms with E-state index in [1.807, 2.05) is 11.3 Å². The molecule has 3 rings (SSSR count). The Morgan fingerprint density at radius 1 is 1.09 bits per heavy atom. The van der Waals surface area contributed by atoms with Crippen LogP contribution in [0.5, 0.6) is 0 Å². The standard InChI is InChI=1S/C19H24N3S/c1-6-22(7-2)15-10-13(3)19-18(12-15)23-17-11-14(21(4)5)8-9-16(17)20-19/h8-12H,6-7H2,1-5H3/q+1. The summed E-state index contributed by atoms with van der Waals surface area (Å²) < 4.78 is 3.39. The summed E-state index contributed by atoms with van der Waals surface area (Å²) in [5.74, 6) is 0. The maximum Gasteiger partial charge on any atom is 0.201 e. The fourth-order valence-electron chi connectivity index (χ4n) is 2.92. The first-order chi connectivity index (χ1) is 11.0. The minimum absolute atomic E-state index is 1.03. The summed E-state index contributed by atoms with van der Waals surface area (Å²) in [6.45, 7) is 8.62. The summed E-state index contributed by atoms with van der Waals surface area (Å²) >= 11 is 1.83. The molecule has 1 aliphatic carbocycles. The SMILES string of the molecule is CCN(CC)c1cc(C)c2nc3ccc(=[N+](C)C)cc-3sc2c1. The Kier molecular flexibility index (Phi) is 4.35. The van der Waals surface area contributed by atoms with Crippen molar-refractivity contribution in [2.24, 2.45) is 0 Å². The molecule has 0 fully saturated rings. The van der Waals surface area contributed by atoms with Gasteiger partial charge in [-0.05, 0) is 44.5 Å². The van der Waals surface area contributed by atoms with Gasteiger partial charge in [0.25, 0.3) is 0 Å². The summed E-state index contributed by atoms with van der Waals surface area (Å²) in [7, 11) is 4.14. The van der Waals surface area contributed by atoms with E-state index < -0.39 is 0 Å². The Hall–Kier alpha value is -1.94. The van der Waals surface area contributed by atoms with E-state index in [4.69, 9.17) is 4.98 Å². The second kappa shape index (κ2) is 6.28. The highest BCUT2D eigenvalue weighted by Gasteiger charge is 2.12. The Balaban J connectivity index is 2.29. The molecule has 0 aromatic heterocycles. The van der Waals surface area contributed by atoms with Crippen molar-refractivity contribution in [1.82, 2.24) is 9.56 Å². The molecule has 0 atom stereocenters. The van der Waals surface area contributed by atoms with Crippen LogP contribution in [0.2, 0.25) is 0 Å². The lowest BCUT2D eigenvalue weighted by Crippen LogP contribution is -2.22. The topological polar surface area (TPSA) is 19.1 Å². The number of rotatable bonds is 3. The quantitative estimate of drug-likeness (QED) is 0.541. The van der Waals surface area contributed by atoms with E-state index in [-0.39, 0.29) is 0 Å². The van der Waals surface area contributed by atoms with Crippen molar-refractivity contribution in [3.8, 4) is 10.6 Å². The van der Waals surface area contributed by atoms with Crippen molar-refractivity contribution in [3.05, 3.63) is 41.3 Å². The summed E-state index contributed by atoms with van der Waals surface area (Å²) in [5.41, 5.74) is 4.74. The van der Waals surface area contributed by atoms with E-state index >= 15 is 0 Å². The van der Waals surface area contributed by atoms with Gasteiger partial charge in [-0.15, -0.1) is 11.3 Å². The Morgan fingerprint density at radius 2 is 1.83 bits per heavy atom. The zero-order valence-corrected chi connectivity index (χ0v) is 15.4. The van der Waals surface area contributed by atoms with Crippen LogP contribution in [0.15, 0.2) is 30.3 Å². The summed E-state index contributed by atoms with van der Waals surface area (Å²) in [6.07, 6.45) is 0. The number of benzene rings is 2. The van der Waals surface area contributed by atoms with Gasteiger partial charge in [-0.1, -0.05) is 0 Å². The van der Waals surface area contributed by atoms with Gasteiger partial charge in [0, 0.05) is 30.9 Å². The Morgan fingerprint density at radius 3 is 2.48 bits per heavy atom. The van der Waals surface area contributed by atoms with E-state index in [2.05, 4.69) is 74.7 Å².